The average Bonchev–Trinajstić information content (AvgIpc) is 3.43. The predicted molar refractivity (Wildman–Crippen MR) is 111 cm³/mol. The molecule has 8 heteroatoms. The summed E-state index contributed by atoms with van der Waals surface area (Å²) < 4.78 is 7.44. The Hall–Kier alpha value is -2.61. The molecular formula is C20H26N6OS. The molecule has 3 aromatic rings. The molecule has 1 unspecified atom stereocenters. The van der Waals surface area contributed by atoms with Gasteiger partial charge in [0, 0.05) is 37.4 Å². The normalized spacial score (nSPS) is 16.8. The van der Waals surface area contributed by atoms with E-state index in [0.717, 1.165) is 68.7 Å². The van der Waals surface area contributed by atoms with Crippen molar-refractivity contribution in [1.29, 1.82) is 0 Å². The van der Waals surface area contributed by atoms with Gasteiger partial charge >= 0.3 is 0 Å². The zero-order valence-electron chi connectivity index (χ0n) is 16.1. The molecule has 0 saturated carbocycles. The van der Waals surface area contributed by atoms with Crippen molar-refractivity contribution in [1.82, 2.24) is 25.4 Å². The third-order valence-corrected chi connectivity index (χ3v) is 5.68. The Bertz CT molecular complexity index is 884. The Kier molecular flexibility index (Phi) is 6.06. The summed E-state index contributed by atoms with van der Waals surface area (Å²) in [7, 11) is 0. The first-order valence-corrected chi connectivity index (χ1v) is 10.7. The van der Waals surface area contributed by atoms with Gasteiger partial charge in [-0.2, -0.15) is 5.10 Å². The SMILES string of the molecule is Cc1nc2n(n1)CCCC2NC(=NCCc1cccs1)NCCc1ccco1. The summed E-state index contributed by atoms with van der Waals surface area (Å²) in [4.78, 5) is 10.8. The molecule has 1 atom stereocenters. The zero-order chi connectivity index (χ0) is 19.2. The number of fused-ring (bicyclic) bond motifs is 1. The highest BCUT2D eigenvalue weighted by molar-refractivity contribution is 7.09. The first kappa shape index (κ1) is 18.7. The predicted octanol–water partition coefficient (Wildman–Crippen LogP) is 3.10. The second-order valence-electron chi connectivity index (χ2n) is 6.90. The molecule has 4 rings (SSSR count). The number of rotatable bonds is 7. The maximum absolute atomic E-state index is 5.42. The third-order valence-electron chi connectivity index (χ3n) is 4.74. The van der Waals surface area contributed by atoms with E-state index in [1.54, 1.807) is 17.6 Å². The van der Waals surface area contributed by atoms with Crippen molar-refractivity contribution >= 4 is 17.3 Å². The molecule has 0 radical (unpaired) electrons. The van der Waals surface area contributed by atoms with Crippen molar-refractivity contribution in [3.63, 3.8) is 0 Å². The molecule has 2 N–H and O–H groups in total. The summed E-state index contributed by atoms with van der Waals surface area (Å²) in [5.74, 6) is 3.62. The maximum atomic E-state index is 5.42. The van der Waals surface area contributed by atoms with E-state index in [-0.39, 0.29) is 6.04 Å². The van der Waals surface area contributed by atoms with Gasteiger partial charge in [0.25, 0.3) is 0 Å². The van der Waals surface area contributed by atoms with Crippen molar-refractivity contribution < 1.29 is 4.42 Å². The van der Waals surface area contributed by atoms with E-state index in [1.165, 1.54) is 4.88 Å². The molecule has 7 nitrogen and oxygen atoms in total. The Morgan fingerprint density at radius 1 is 1.36 bits per heavy atom. The molecule has 28 heavy (non-hydrogen) atoms. The largest absolute Gasteiger partial charge is 0.469 e. The lowest BCUT2D eigenvalue weighted by atomic mass is 10.1. The molecule has 1 aliphatic rings. The van der Waals surface area contributed by atoms with Crippen molar-refractivity contribution in [2.75, 3.05) is 13.1 Å². The standard InChI is InChI=1S/C20H26N6OS/c1-15-23-19-18(7-2-12-26(19)25-15)24-20(21-10-8-16-5-3-13-27-16)22-11-9-17-6-4-14-28-17/h3-6,13-14,18H,2,7-12H2,1H3,(H2,21,22,24). The second kappa shape index (κ2) is 9.05. The van der Waals surface area contributed by atoms with E-state index < -0.39 is 0 Å². The smallest absolute Gasteiger partial charge is 0.191 e. The van der Waals surface area contributed by atoms with Gasteiger partial charge in [-0.15, -0.1) is 11.3 Å². The van der Waals surface area contributed by atoms with Crippen LogP contribution in [0.25, 0.3) is 0 Å². The molecule has 4 heterocycles. The number of nitrogens with one attached hydrogen (secondary N) is 2. The molecule has 0 aromatic carbocycles. The molecule has 3 aromatic heterocycles. The molecule has 1 aliphatic heterocycles. The monoisotopic (exact) mass is 398 g/mol. The highest BCUT2D eigenvalue weighted by Gasteiger charge is 2.24. The van der Waals surface area contributed by atoms with Crippen LogP contribution >= 0.6 is 11.3 Å². The van der Waals surface area contributed by atoms with Crippen LogP contribution in [0, 0.1) is 6.92 Å². The average molecular weight is 399 g/mol. The summed E-state index contributed by atoms with van der Waals surface area (Å²) in [6.45, 7) is 4.39. The zero-order valence-corrected chi connectivity index (χ0v) is 16.9. The number of thiophene rings is 1. The van der Waals surface area contributed by atoms with Crippen LogP contribution in [0.3, 0.4) is 0 Å². The number of aryl methyl sites for hydroxylation is 2. The summed E-state index contributed by atoms with van der Waals surface area (Å²) in [5, 5.41) is 13.6. The molecule has 0 aliphatic carbocycles. The molecule has 0 bridgehead atoms. The summed E-state index contributed by atoms with van der Waals surface area (Å²) >= 11 is 1.78. The number of aromatic nitrogens is 3. The Morgan fingerprint density at radius 2 is 2.32 bits per heavy atom. The molecule has 0 amide bonds. The first-order valence-electron chi connectivity index (χ1n) is 9.79. The van der Waals surface area contributed by atoms with E-state index in [0.29, 0.717) is 0 Å². The lowest BCUT2D eigenvalue weighted by Gasteiger charge is -2.25. The lowest BCUT2D eigenvalue weighted by molar-refractivity contribution is 0.397. The Labute approximate surface area is 168 Å². The second-order valence-corrected chi connectivity index (χ2v) is 7.93. The minimum atomic E-state index is 0.131. The number of guanidine groups is 1. The van der Waals surface area contributed by atoms with E-state index in [1.807, 2.05) is 23.7 Å². The number of hydrogen-bond acceptors (Lipinski definition) is 5. The number of furan rings is 1. The summed E-state index contributed by atoms with van der Waals surface area (Å²) in [6.07, 6.45) is 5.59. The van der Waals surface area contributed by atoms with E-state index >= 15 is 0 Å². The van der Waals surface area contributed by atoms with Crippen molar-refractivity contribution in [3.05, 3.63) is 58.2 Å². The van der Waals surface area contributed by atoms with Gasteiger partial charge in [-0.25, -0.2) is 9.67 Å². The number of nitrogens with zero attached hydrogens (tertiary/aromatic N) is 4. The highest BCUT2D eigenvalue weighted by atomic mass is 32.1. The van der Waals surface area contributed by atoms with Gasteiger partial charge in [0.2, 0.25) is 0 Å². The van der Waals surface area contributed by atoms with E-state index in [2.05, 4.69) is 38.2 Å². The van der Waals surface area contributed by atoms with Gasteiger partial charge in [0.05, 0.1) is 12.3 Å². The van der Waals surface area contributed by atoms with Gasteiger partial charge in [-0.1, -0.05) is 6.07 Å². The van der Waals surface area contributed by atoms with Gasteiger partial charge in [-0.05, 0) is 43.3 Å². The number of hydrogen-bond donors (Lipinski definition) is 2. The van der Waals surface area contributed by atoms with Crippen molar-refractivity contribution in [3.8, 4) is 0 Å². The molecule has 0 saturated heterocycles. The summed E-state index contributed by atoms with van der Waals surface area (Å²) in [5.41, 5.74) is 0. The van der Waals surface area contributed by atoms with Crippen LogP contribution in [0.15, 0.2) is 45.3 Å². The van der Waals surface area contributed by atoms with Crippen LogP contribution in [0.1, 0.15) is 41.2 Å². The number of aliphatic imine (C=N–C) groups is 1. The lowest BCUT2D eigenvalue weighted by Crippen LogP contribution is -2.42. The first-order chi connectivity index (χ1) is 13.8. The Balaban J connectivity index is 1.41. The third kappa shape index (κ3) is 4.81. The molecular weight excluding hydrogens is 372 g/mol. The van der Waals surface area contributed by atoms with Crippen LogP contribution in [-0.2, 0) is 19.4 Å². The maximum Gasteiger partial charge on any atom is 0.191 e. The Morgan fingerprint density at radius 3 is 3.14 bits per heavy atom. The van der Waals surface area contributed by atoms with Crippen molar-refractivity contribution in [2.45, 2.75) is 45.2 Å². The molecule has 0 fully saturated rings. The highest BCUT2D eigenvalue weighted by Crippen LogP contribution is 2.22. The summed E-state index contributed by atoms with van der Waals surface area (Å²) in [6, 6.07) is 8.29. The minimum Gasteiger partial charge on any atom is -0.469 e. The fourth-order valence-electron chi connectivity index (χ4n) is 3.41. The molecule has 0 spiro atoms. The van der Waals surface area contributed by atoms with Gasteiger partial charge in [-0.3, -0.25) is 4.99 Å². The van der Waals surface area contributed by atoms with E-state index in [4.69, 9.17) is 9.41 Å². The van der Waals surface area contributed by atoms with Gasteiger partial charge in [0.1, 0.15) is 17.4 Å². The van der Waals surface area contributed by atoms with Crippen LogP contribution < -0.4 is 10.6 Å². The topological polar surface area (TPSA) is 80.3 Å². The quantitative estimate of drug-likeness (QED) is 0.472. The fraction of sp³-hybridized carbons (Fsp3) is 0.450. The van der Waals surface area contributed by atoms with Crippen LogP contribution in [0.4, 0.5) is 0 Å². The van der Waals surface area contributed by atoms with Crippen molar-refractivity contribution in [2.24, 2.45) is 4.99 Å². The van der Waals surface area contributed by atoms with E-state index in [9.17, 15) is 0 Å². The molecule has 148 valence electrons. The van der Waals surface area contributed by atoms with Crippen LogP contribution in [0.5, 0.6) is 0 Å². The van der Waals surface area contributed by atoms with Gasteiger partial charge < -0.3 is 15.1 Å². The van der Waals surface area contributed by atoms with Gasteiger partial charge in [0.15, 0.2) is 5.96 Å². The fourth-order valence-corrected chi connectivity index (χ4v) is 4.11. The van der Waals surface area contributed by atoms with Crippen LogP contribution in [0.2, 0.25) is 0 Å². The minimum absolute atomic E-state index is 0.131. The van der Waals surface area contributed by atoms with Crippen LogP contribution in [-0.4, -0.2) is 33.8 Å².